The second-order valence-electron chi connectivity index (χ2n) is 7.55. The van der Waals surface area contributed by atoms with Crippen LogP contribution in [0.5, 0.6) is 0 Å². The highest BCUT2D eigenvalue weighted by molar-refractivity contribution is 7.99. The van der Waals surface area contributed by atoms with Crippen LogP contribution in [-0.2, 0) is 13.1 Å². The maximum Gasteiger partial charge on any atom is 0.326 e. The molecule has 2 unspecified atom stereocenters. The van der Waals surface area contributed by atoms with Crippen LogP contribution in [0, 0.1) is 0 Å². The molecule has 7 heteroatoms. The lowest BCUT2D eigenvalue weighted by Gasteiger charge is -2.47. The molecule has 1 aromatic carbocycles. The Labute approximate surface area is 165 Å². The summed E-state index contributed by atoms with van der Waals surface area (Å²) in [7, 11) is 0. The molecule has 0 radical (unpaired) electrons. The SMILES string of the molecule is NCc1ccccc1CN1C(=O)N2CCSCC2C=C1N1CCCC(N)C1. The Morgan fingerprint density at radius 1 is 1.19 bits per heavy atom. The number of carbonyl (C=O) groups is 1. The van der Waals surface area contributed by atoms with Crippen LogP contribution in [0.1, 0.15) is 24.0 Å². The third-order valence-corrected chi connectivity index (χ3v) is 6.76. The molecule has 0 aromatic heterocycles. The Balaban J connectivity index is 1.67. The number of carbonyl (C=O) groups excluding carboxylic acids is 1. The number of piperidine rings is 1. The van der Waals surface area contributed by atoms with Crippen molar-refractivity contribution in [2.24, 2.45) is 11.5 Å². The molecule has 146 valence electrons. The minimum Gasteiger partial charge on any atom is -0.357 e. The minimum atomic E-state index is 0.115. The maximum absolute atomic E-state index is 13.4. The lowest BCUT2D eigenvalue weighted by Crippen LogP contribution is -2.58. The average Bonchev–Trinajstić information content (AvgIpc) is 2.70. The average molecular weight is 388 g/mol. The Kier molecular flexibility index (Phi) is 5.61. The van der Waals surface area contributed by atoms with Crippen molar-refractivity contribution in [3.05, 3.63) is 47.3 Å². The van der Waals surface area contributed by atoms with Gasteiger partial charge >= 0.3 is 6.03 Å². The lowest BCUT2D eigenvalue weighted by atomic mass is 10.0. The third kappa shape index (κ3) is 3.81. The molecule has 6 nitrogen and oxygen atoms in total. The number of nitrogens with zero attached hydrogens (tertiary/aromatic N) is 3. The number of fused-ring (bicyclic) bond motifs is 1. The monoisotopic (exact) mass is 387 g/mol. The van der Waals surface area contributed by atoms with Gasteiger partial charge in [-0.05, 0) is 30.0 Å². The Morgan fingerprint density at radius 3 is 2.78 bits per heavy atom. The first kappa shape index (κ1) is 18.7. The predicted octanol–water partition coefficient (Wildman–Crippen LogP) is 1.76. The zero-order valence-corrected chi connectivity index (χ0v) is 16.5. The van der Waals surface area contributed by atoms with Crippen LogP contribution >= 0.6 is 11.8 Å². The second-order valence-corrected chi connectivity index (χ2v) is 8.70. The molecule has 1 aromatic rings. The van der Waals surface area contributed by atoms with Crippen molar-refractivity contribution in [1.82, 2.24) is 14.7 Å². The highest BCUT2D eigenvalue weighted by Gasteiger charge is 2.38. The number of benzene rings is 1. The van der Waals surface area contributed by atoms with Crippen molar-refractivity contribution in [2.75, 3.05) is 31.1 Å². The van der Waals surface area contributed by atoms with Crippen molar-refractivity contribution in [1.29, 1.82) is 0 Å². The number of rotatable bonds is 4. The highest BCUT2D eigenvalue weighted by Crippen LogP contribution is 2.31. The molecule has 2 saturated heterocycles. The third-order valence-electron chi connectivity index (χ3n) is 5.71. The van der Waals surface area contributed by atoms with Crippen LogP contribution < -0.4 is 11.5 Å². The summed E-state index contributed by atoms with van der Waals surface area (Å²) in [5.41, 5.74) is 14.4. The summed E-state index contributed by atoms with van der Waals surface area (Å²) in [6.45, 7) is 3.62. The number of urea groups is 1. The van der Waals surface area contributed by atoms with Crippen LogP contribution in [0.15, 0.2) is 36.2 Å². The van der Waals surface area contributed by atoms with Gasteiger partial charge in [-0.3, -0.25) is 4.90 Å². The van der Waals surface area contributed by atoms with Crippen molar-refractivity contribution in [3.8, 4) is 0 Å². The van der Waals surface area contributed by atoms with E-state index in [2.05, 4.69) is 17.0 Å². The predicted molar refractivity (Wildman–Crippen MR) is 110 cm³/mol. The summed E-state index contributed by atoms with van der Waals surface area (Å²) < 4.78 is 0. The summed E-state index contributed by atoms with van der Waals surface area (Å²) >= 11 is 1.93. The molecule has 2 amide bonds. The molecule has 3 heterocycles. The van der Waals surface area contributed by atoms with E-state index in [0.717, 1.165) is 60.9 Å². The van der Waals surface area contributed by atoms with E-state index in [-0.39, 0.29) is 18.1 Å². The molecule has 0 saturated carbocycles. The van der Waals surface area contributed by atoms with Crippen molar-refractivity contribution < 1.29 is 4.79 Å². The van der Waals surface area contributed by atoms with E-state index in [1.165, 1.54) is 0 Å². The van der Waals surface area contributed by atoms with E-state index < -0.39 is 0 Å². The number of amides is 2. The van der Waals surface area contributed by atoms with Crippen molar-refractivity contribution in [2.45, 2.75) is 38.0 Å². The van der Waals surface area contributed by atoms with Crippen LogP contribution in [0.25, 0.3) is 0 Å². The molecule has 4 rings (SSSR count). The Hall–Kier alpha value is -1.70. The first-order chi connectivity index (χ1) is 13.2. The van der Waals surface area contributed by atoms with Gasteiger partial charge < -0.3 is 21.3 Å². The van der Waals surface area contributed by atoms with E-state index >= 15 is 0 Å². The first-order valence-corrected chi connectivity index (χ1v) is 11.0. The summed E-state index contributed by atoms with van der Waals surface area (Å²) in [6.07, 6.45) is 4.42. The fraction of sp³-hybridized carbons (Fsp3) is 0.550. The van der Waals surface area contributed by atoms with E-state index in [1.807, 2.05) is 39.8 Å². The molecule has 2 atom stereocenters. The van der Waals surface area contributed by atoms with Crippen LogP contribution in [0.2, 0.25) is 0 Å². The van der Waals surface area contributed by atoms with Crippen LogP contribution in [0.4, 0.5) is 4.79 Å². The molecule has 27 heavy (non-hydrogen) atoms. The van der Waals surface area contributed by atoms with E-state index in [9.17, 15) is 4.79 Å². The molecule has 0 bridgehead atoms. The van der Waals surface area contributed by atoms with Gasteiger partial charge in [0.1, 0.15) is 5.82 Å². The number of hydrogen-bond acceptors (Lipinski definition) is 5. The summed E-state index contributed by atoms with van der Waals surface area (Å²) in [5, 5.41) is 0. The maximum atomic E-state index is 13.4. The van der Waals surface area contributed by atoms with Crippen LogP contribution in [0.3, 0.4) is 0 Å². The van der Waals surface area contributed by atoms with Gasteiger partial charge in [-0.25, -0.2) is 4.79 Å². The van der Waals surface area contributed by atoms with Gasteiger partial charge in [0.2, 0.25) is 0 Å². The number of hydrogen-bond donors (Lipinski definition) is 2. The number of nitrogens with two attached hydrogens (primary N) is 2. The topological polar surface area (TPSA) is 78.8 Å². The van der Waals surface area contributed by atoms with Gasteiger partial charge in [-0.15, -0.1) is 0 Å². The summed E-state index contributed by atoms with van der Waals surface area (Å²) in [6, 6.07) is 8.61. The summed E-state index contributed by atoms with van der Waals surface area (Å²) in [4.78, 5) is 19.7. The fourth-order valence-electron chi connectivity index (χ4n) is 4.24. The van der Waals surface area contributed by atoms with Gasteiger partial charge in [-0.1, -0.05) is 24.3 Å². The van der Waals surface area contributed by atoms with Crippen molar-refractivity contribution in [3.63, 3.8) is 0 Å². The molecular weight excluding hydrogens is 358 g/mol. The van der Waals surface area contributed by atoms with E-state index in [4.69, 9.17) is 11.5 Å². The molecule has 0 spiro atoms. The Morgan fingerprint density at radius 2 is 2.00 bits per heavy atom. The van der Waals surface area contributed by atoms with Gasteiger partial charge in [0.15, 0.2) is 0 Å². The second kappa shape index (κ2) is 8.12. The number of likely N-dealkylation sites (tertiary alicyclic amines) is 1. The minimum absolute atomic E-state index is 0.115. The normalized spacial score (nSPS) is 26.1. The fourth-order valence-corrected chi connectivity index (χ4v) is 5.25. The van der Waals surface area contributed by atoms with Crippen LogP contribution in [-0.4, -0.2) is 64.0 Å². The molecular formula is C20H29N5OS. The van der Waals surface area contributed by atoms with E-state index in [1.54, 1.807) is 0 Å². The van der Waals surface area contributed by atoms with Gasteiger partial charge in [0, 0.05) is 43.7 Å². The zero-order chi connectivity index (χ0) is 18.8. The lowest BCUT2D eigenvalue weighted by molar-refractivity contribution is 0.114. The smallest absolute Gasteiger partial charge is 0.326 e. The molecule has 3 aliphatic rings. The molecule has 0 aliphatic carbocycles. The zero-order valence-electron chi connectivity index (χ0n) is 15.7. The summed E-state index contributed by atoms with van der Waals surface area (Å²) in [5.74, 6) is 3.01. The van der Waals surface area contributed by atoms with Crippen molar-refractivity contribution >= 4 is 17.8 Å². The highest BCUT2D eigenvalue weighted by atomic mass is 32.2. The Bertz CT molecular complexity index is 724. The van der Waals surface area contributed by atoms with E-state index in [0.29, 0.717) is 13.1 Å². The van der Waals surface area contributed by atoms with Gasteiger partial charge in [-0.2, -0.15) is 11.8 Å². The van der Waals surface area contributed by atoms with Gasteiger partial charge in [0.25, 0.3) is 0 Å². The van der Waals surface area contributed by atoms with Gasteiger partial charge in [0.05, 0.1) is 12.6 Å². The quantitative estimate of drug-likeness (QED) is 0.823. The molecule has 3 aliphatic heterocycles. The molecule has 4 N–H and O–H groups in total. The first-order valence-electron chi connectivity index (χ1n) is 9.82. The number of thioether (sulfide) groups is 1. The molecule has 2 fully saturated rings. The largest absolute Gasteiger partial charge is 0.357 e. The standard InChI is InChI=1S/C20H29N5OS/c21-11-15-4-1-2-5-16(15)12-25-19(23-7-3-6-17(22)13-23)10-18-14-27-9-8-24(18)20(25)26/h1-2,4-5,10,17-18H,3,6-9,11-14,21-22H2.